The van der Waals surface area contributed by atoms with Crippen LogP contribution in [0.4, 0.5) is 10.5 Å². The van der Waals surface area contributed by atoms with Gasteiger partial charge in [-0.15, -0.1) is 0 Å². The Labute approximate surface area is 152 Å². The third kappa shape index (κ3) is 3.37. The van der Waals surface area contributed by atoms with Crippen LogP contribution in [-0.4, -0.2) is 60.6 Å². The van der Waals surface area contributed by atoms with E-state index in [9.17, 15) is 9.59 Å². The largest absolute Gasteiger partial charge is 0.368 e. The number of nitrogens with one attached hydrogen (secondary N) is 1. The SMILES string of the molecule is O=C(Nc1cccc2ccccc12)N1CCN(C(=O)C2CCCO2)CC1. The summed E-state index contributed by atoms with van der Waals surface area (Å²) in [4.78, 5) is 28.6. The van der Waals surface area contributed by atoms with E-state index in [2.05, 4.69) is 5.32 Å². The van der Waals surface area contributed by atoms with Crippen molar-refractivity contribution in [2.45, 2.75) is 18.9 Å². The number of urea groups is 1. The predicted octanol–water partition coefficient (Wildman–Crippen LogP) is 2.69. The van der Waals surface area contributed by atoms with Gasteiger partial charge in [0.05, 0.1) is 5.69 Å². The molecule has 2 aromatic carbocycles. The number of carbonyl (C=O) groups excluding carboxylic acids is 2. The number of anilines is 1. The van der Waals surface area contributed by atoms with E-state index in [1.165, 1.54) is 0 Å². The van der Waals surface area contributed by atoms with E-state index in [4.69, 9.17) is 4.74 Å². The van der Waals surface area contributed by atoms with Gasteiger partial charge >= 0.3 is 6.03 Å². The van der Waals surface area contributed by atoms with Crippen LogP contribution in [0.3, 0.4) is 0 Å². The molecule has 2 aliphatic heterocycles. The minimum Gasteiger partial charge on any atom is -0.368 e. The van der Waals surface area contributed by atoms with Gasteiger partial charge in [0.2, 0.25) is 0 Å². The fraction of sp³-hybridized carbons (Fsp3) is 0.400. The molecular weight excluding hydrogens is 330 g/mol. The van der Waals surface area contributed by atoms with Crippen LogP contribution < -0.4 is 5.32 Å². The third-order valence-corrected chi connectivity index (χ3v) is 5.11. The van der Waals surface area contributed by atoms with Gasteiger partial charge in [-0.25, -0.2) is 4.79 Å². The molecule has 2 saturated heterocycles. The molecule has 3 amide bonds. The minimum absolute atomic E-state index is 0.0663. The molecule has 136 valence electrons. The Bertz CT molecular complexity index is 804. The number of hydrogen-bond acceptors (Lipinski definition) is 3. The number of fused-ring (bicyclic) bond motifs is 1. The minimum atomic E-state index is -0.286. The predicted molar refractivity (Wildman–Crippen MR) is 100 cm³/mol. The van der Waals surface area contributed by atoms with E-state index < -0.39 is 0 Å². The van der Waals surface area contributed by atoms with E-state index in [1.54, 1.807) is 4.90 Å². The number of nitrogens with zero attached hydrogens (tertiary/aromatic N) is 2. The van der Waals surface area contributed by atoms with Crippen LogP contribution in [0.15, 0.2) is 42.5 Å². The molecule has 4 rings (SSSR count). The Morgan fingerprint density at radius 1 is 0.962 bits per heavy atom. The van der Waals surface area contributed by atoms with Crippen molar-refractivity contribution in [3.63, 3.8) is 0 Å². The first-order chi connectivity index (χ1) is 12.7. The second-order valence-electron chi connectivity index (χ2n) is 6.77. The average Bonchev–Trinajstić information content (AvgIpc) is 3.23. The van der Waals surface area contributed by atoms with Crippen molar-refractivity contribution in [3.05, 3.63) is 42.5 Å². The van der Waals surface area contributed by atoms with Crippen LogP contribution in [0.25, 0.3) is 10.8 Å². The Morgan fingerprint density at radius 2 is 1.69 bits per heavy atom. The summed E-state index contributed by atoms with van der Waals surface area (Å²) in [6.45, 7) is 2.86. The van der Waals surface area contributed by atoms with Gasteiger partial charge in [-0.2, -0.15) is 0 Å². The molecule has 1 unspecified atom stereocenters. The number of amides is 3. The monoisotopic (exact) mass is 353 g/mol. The molecule has 2 heterocycles. The molecule has 0 spiro atoms. The zero-order valence-electron chi connectivity index (χ0n) is 14.7. The summed E-state index contributed by atoms with van der Waals surface area (Å²) in [6.07, 6.45) is 1.47. The van der Waals surface area contributed by atoms with Crippen molar-refractivity contribution in [2.24, 2.45) is 0 Å². The number of benzene rings is 2. The zero-order valence-corrected chi connectivity index (χ0v) is 14.7. The average molecular weight is 353 g/mol. The lowest BCUT2D eigenvalue weighted by molar-refractivity contribution is -0.142. The van der Waals surface area contributed by atoms with Crippen molar-refractivity contribution in [2.75, 3.05) is 38.1 Å². The lowest BCUT2D eigenvalue weighted by Crippen LogP contribution is -2.53. The number of piperazine rings is 1. The maximum absolute atomic E-state index is 12.6. The molecule has 2 aliphatic rings. The van der Waals surface area contributed by atoms with Gasteiger partial charge in [0, 0.05) is 38.2 Å². The van der Waals surface area contributed by atoms with Gasteiger partial charge < -0.3 is 19.9 Å². The summed E-state index contributed by atoms with van der Waals surface area (Å²) >= 11 is 0. The lowest BCUT2D eigenvalue weighted by atomic mass is 10.1. The van der Waals surface area contributed by atoms with Crippen LogP contribution in [0.5, 0.6) is 0 Å². The number of hydrogen-bond donors (Lipinski definition) is 1. The maximum Gasteiger partial charge on any atom is 0.321 e. The van der Waals surface area contributed by atoms with E-state index in [-0.39, 0.29) is 18.0 Å². The van der Waals surface area contributed by atoms with E-state index in [1.807, 2.05) is 47.4 Å². The highest BCUT2D eigenvalue weighted by molar-refractivity contribution is 6.01. The quantitative estimate of drug-likeness (QED) is 0.903. The first-order valence-electron chi connectivity index (χ1n) is 9.16. The van der Waals surface area contributed by atoms with Crippen molar-refractivity contribution < 1.29 is 14.3 Å². The fourth-order valence-electron chi connectivity index (χ4n) is 3.63. The maximum atomic E-state index is 12.6. The Kier molecular flexibility index (Phi) is 4.75. The van der Waals surface area contributed by atoms with Crippen molar-refractivity contribution in [3.8, 4) is 0 Å². The number of ether oxygens (including phenoxy) is 1. The summed E-state index contributed by atoms with van der Waals surface area (Å²) in [5.74, 6) is 0.0663. The van der Waals surface area contributed by atoms with Crippen molar-refractivity contribution in [1.82, 2.24) is 9.80 Å². The molecule has 0 saturated carbocycles. The number of rotatable bonds is 2. The number of carbonyl (C=O) groups is 2. The summed E-state index contributed by atoms with van der Waals surface area (Å²) in [5, 5.41) is 5.13. The van der Waals surface area contributed by atoms with Gasteiger partial charge in [-0.1, -0.05) is 36.4 Å². The standard InChI is InChI=1S/C20H23N3O3/c24-19(18-9-4-14-26-18)22-10-12-23(13-11-22)20(25)21-17-8-3-6-15-5-1-2-7-16(15)17/h1-3,5-8,18H,4,9-14H2,(H,21,25). The van der Waals surface area contributed by atoms with Crippen molar-refractivity contribution in [1.29, 1.82) is 0 Å². The van der Waals surface area contributed by atoms with Gasteiger partial charge in [-0.05, 0) is 24.3 Å². The highest BCUT2D eigenvalue weighted by Gasteiger charge is 2.31. The molecule has 2 aromatic rings. The molecule has 6 heteroatoms. The van der Waals surface area contributed by atoms with Gasteiger partial charge in [-0.3, -0.25) is 4.79 Å². The molecule has 2 fully saturated rings. The third-order valence-electron chi connectivity index (χ3n) is 5.11. The molecule has 1 N–H and O–H groups in total. The molecule has 0 bridgehead atoms. The first-order valence-corrected chi connectivity index (χ1v) is 9.16. The molecule has 0 aliphatic carbocycles. The summed E-state index contributed by atoms with van der Waals surface area (Å²) in [7, 11) is 0. The van der Waals surface area contributed by atoms with Crippen LogP contribution in [0.2, 0.25) is 0 Å². The highest BCUT2D eigenvalue weighted by Crippen LogP contribution is 2.23. The van der Waals surface area contributed by atoms with Crippen LogP contribution in [0, 0.1) is 0 Å². The molecule has 1 atom stereocenters. The summed E-state index contributed by atoms with van der Waals surface area (Å²) in [5.41, 5.74) is 0.811. The first kappa shape index (κ1) is 16.8. The van der Waals surface area contributed by atoms with E-state index in [0.717, 1.165) is 29.3 Å². The van der Waals surface area contributed by atoms with Gasteiger partial charge in [0.25, 0.3) is 5.91 Å². The Hall–Kier alpha value is -2.60. The van der Waals surface area contributed by atoms with E-state index in [0.29, 0.717) is 32.8 Å². The summed E-state index contributed by atoms with van der Waals surface area (Å²) in [6, 6.07) is 13.7. The lowest BCUT2D eigenvalue weighted by Gasteiger charge is -2.35. The molecule has 0 aromatic heterocycles. The Balaban J connectivity index is 1.37. The van der Waals surface area contributed by atoms with Gasteiger partial charge in [0.15, 0.2) is 0 Å². The van der Waals surface area contributed by atoms with Crippen LogP contribution >= 0.6 is 0 Å². The molecular formula is C20H23N3O3. The van der Waals surface area contributed by atoms with Crippen LogP contribution in [0.1, 0.15) is 12.8 Å². The summed E-state index contributed by atoms with van der Waals surface area (Å²) < 4.78 is 5.48. The normalized spacial score (nSPS) is 20.4. The highest BCUT2D eigenvalue weighted by atomic mass is 16.5. The Morgan fingerprint density at radius 3 is 2.46 bits per heavy atom. The zero-order chi connectivity index (χ0) is 17.9. The molecule has 6 nitrogen and oxygen atoms in total. The van der Waals surface area contributed by atoms with Crippen molar-refractivity contribution >= 4 is 28.4 Å². The topological polar surface area (TPSA) is 61.9 Å². The second-order valence-corrected chi connectivity index (χ2v) is 6.77. The fourth-order valence-corrected chi connectivity index (χ4v) is 3.63. The molecule has 26 heavy (non-hydrogen) atoms. The van der Waals surface area contributed by atoms with Gasteiger partial charge in [0.1, 0.15) is 6.10 Å². The smallest absolute Gasteiger partial charge is 0.321 e. The molecule has 0 radical (unpaired) electrons. The van der Waals surface area contributed by atoms with Crippen LogP contribution in [-0.2, 0) is 9.53 Å². The second kappa shape index (κ2) is 7.33. The van der Waals surface area contributed by atoms with E-state index >= 15 is 0 Å².